The van der Waals surface area contributed by atoms with Gasteiger partial charge in [0.2, 0.25) is 5.95 Å². The fourth-order valence-corrected chi connectivity index (χ4v) is 1.36. The van der Waals surface area contributed by atoms with Crippen molar-refractivity contribution in [2.75, 3.05) is 5.32 Å². The number of nitrogens with one attached hydrogen (secondary N) is 1. The summed E-state index contributed by atoms with van der Waals surface area (Å²) >= 11 is 0. The van der Waals surface area contributed by atoms with Crippen LogP contribution in [-0.4, -0.2) is 16.0 Å². The number of para-hydroxylation sites is 2. The Balaban J connectivity index is 2.28. The van der Waals surface area contributed by atoms with Crippen molar-refractivity contribution >= 4 is 11.6 Å². The summed E-state index contributed by atoms with van der Waals surface area (Å²) in [5.74, 6) is -3.71. The lowest BCUT2D eigenvalue weighted by Crippen LogP contribution is -2.15. The summed E-state index contributed by atoms with van der Waals surface area (Å²) in [4.78, 5) is 14.8. The Morgan fingerprint density at radius 3 is 2.67 bits per heavy atom. The number of amides is 1. The van der Waals surface area contributed by atoms with Gasteiger partial charge in [-0.25, -0.2) is 9.37 Å². The van der Waals surface area contributed by atoms with Gasteiger partial charge in [-0.1, -0.05) is 12.1 Å². The number of hydrogen-bond acceptors (Lipinski definition) is 3. The van der Waals surface area contributed by atoms with Crippen LogP contribution in [0.2, 0.25) is 0 Å². The van der Waals surface area contributed by atoms with Crippen LogP contribution in [0.4, 0.5) is 14.5 Å². The van der Waals surface area contributed by atoms with Crippen LogP contribution in [0.25, 0.3) is 0 Å². The van der Waals surface area contributed by atoms with Crippen LogP contribution in [0.15, 0.2) is 36.5 Å². The molecule has 2 N–H and O–H groups in total. The minimum absolute atomic E-state index is 0.110. The molecule has 0 unspecified atom stereocenters. The molecule has 92 valence electrons. The van der Waals surface area contributed by atoms with Gasteiger partial charge in [-0.15, -0.1) is 0 Å². The van der Waals surface area contributed by atoms with Crippen molar-refractivity contribution < 1.29 is 18.7 Å². The maximum Gasteiger partial charge on any atom is 0.258 e. The number of nitrogens with zero attached hydrogens (tertiary/aromatic N) is 1. The van der Waals surface area contributed by atoms with E-state index < -0.39 is 23.2 Å². The zero-order valence-electron chi connectivity index (χ0n) is 9.02. The van der Waals surface area contributed by atoms with Crippen LogP contribution in [0, 0.1) is 11.8 Å². The third kappa shape index (κ3) is 2.27. The highest BCUT2D eigenvalue weighted by Crippen LogP contribution is 2.22. The number of phenolic OH excluding ortho intramolecular Hbond substituents is 1. The molecule has 0 spiro atoms. The SMILES string of the molecule is O=C(Nc1ccccc1O)c1ccnc(F)c1F. The monoisotopic (exact) mass is 250 g/mol. The van der Waals surface area contributed by atoms with Crippen LogP contribution >= 0.6 is 0 Å². The van der Waals surface area contributed by atoms with Gasteiger partial charge < -0.3 is 10.4 Å². The van der Waals surface area contributed by atoms with Crippen LogP contribution in [0.3, 0.4) is 0 Å². The third-order valence-corrected chi connectivity index (χ3v) is 2.24. The first-order chi connectivity index (χ1) is 8.59. The fourth-order valence-electron chi connectivity index (χ4n) is 1.36. The number of rotatable bonds is 2. The minimum atomic E-state index is -1.35. The second-order valence-corrected chi connectivity index (χ2v) is 3.43. The van der Waals surface area contributed by atoms with Gasteiger partial charge >= 0.3 is 0 Å². The van der Waals surface area contributed by atoms with E-state index in [-0.39, 0.29) is 11.4 Å². The van der Waals surface area contributed by atoms with Crippen LogP contribution in [0.5, 0.6) is 5.75 Å². The summed E-state index contributed by atoms with van der Waals surface area (Å²) in [7, 11) is 0. The van der Waals surface area contributed by atoms with E-state index in [1.54, 1.807) is 12.1 Å². The smallest absolute Gasteiger partial charge is 0.258 e. The van der Waals surface area contributed by atoms with Crippen LogP contribution in [-0.2, 0) is 0 Å². The number of carbonyl (C=O) groups is 1. The number of aromatic nitrogens is 1. The van der Waals surface area contributed by atoms with Gasteiger partial charge in [-0.05, 0) is 18.2 Å². The summed E-state index contributed by atoms with van der Waals surface area (Å²) < 4.78 is 26.1. The average Bonchev–Trinajstić information content (AvgIpc) is 2.35. The summed E-state index contributed by atoms with van der Waals surface area (Å²) in [5, 5.41) is 11.7. The number of halogens is 2. The Hall–Kier alpha value is -2.50. The van der Waals surface area contributed by atoms with Gasteiger partial charge in [0.15, 0.2) is 5.82 Å². The van der Waals surface area contributed by atoms with Crippen molar-refractivity contribution in [3.05, 3.63) is 53.9 Å². The number of carbonyl (C=O) groups excluding carboxylic acids is 1. The molecule has 1 amide bonds. The third-order valence-electron chi connectivity index (χ3n) is 2.24. The van der Waals surface area contributed by atoms with Crippen molar-refractivity contribution in [2.24, 2.45) is 0 Å². The molecule has 6 heteroatoms. The predicted octanol–water partition coefficient (Wildman–Crippen LogP) is 2.32. The molecule has 1 aromatic carbocycles. The van der Waals surface area contributed by atoms with Gasteiger partial charge in [0.25, 0.3) is 5.91 Å². The van der Waals surface area contributed by atoms with Crippen molar-refractivity contribution in [1.29, 1.82) is 0 Å². The lowest BCUT2D eigenvalue weighted by Gasteiger charge is -2.07. The Bertz CT molecular complexity index is 602. The van der Waals surface area contributed by atoms with E-state index >= 15 is 0 Å². The van der Waals surface area contributed by atoms with Crippen molar-refractivity contribution in [1.82, 2.24) is 4.98 Å². The molecule has 2 rings (SSSR count). The molecule has 0 fully saturated rings. The largest absolute Gasteiger partial charge is 0.506 e. The van der Waals surface area contributed by atoms with Crippen molar-refractivity contribution in [3.63, 3.8) is 0 Å². The Morgan fingerprint density at radius 2 is 1.94 bits per heavy atom. The Kier molecular flexibility index (Phi) is 3.18. The number of phenols is 1. The Labute approximate surface area is 101 Å². The highest BCUT2D eigenvalue weighted by atomic mass is 19.2. The molecule has 1 heterocycles. The van der Waals surface area contributed by atoms with Crippen molar-refractivity contribution in [2.45, 2.75) is 0 Å². The van der Waals surface area contributed by atoms with Crippen LogP contribution in [0.1, 0.15) is 10.4 Å². The van der Waals surface area contributed by atoms with Crippen LogP contribution < -0.4 is 5.32 Å². The standard InChI is InChI=1S/C12H8F2N2O2/c13-10-7(5-6-15-11(10)14)12(18)16-8-3-1-2-4-9(8)17/h1-6,17H,(H,16,18). The highest BCUT2D eigenvalue weighted by Gasteiger charge is 2.16. The Morgan fingerprint density at radius 1 is 1.22 bits per heavy atom. The normalized spacial score (nSPS) is 10.1. The number of hydrogen-bond donors (Lipinski definition) is 2. The first kappa shape index (κ1) is 12.0. The summed E-state index contributed by atoms with van der Waals surface area (Å²) in [6.07, 6.45) is 0.984. The zero-order chi connectivity index (χ0) is 13.1. The molecule has 0 saturated heterocycles. The molecule has 0 aliphatic rings. The molecule has 0 bridgehead atoms. The van der Waals surface area contributed by atoms with Gasteiger partial charge in [0, 0.05) is 6.20 Å². The quantitative estimate of drug-likeness (QED) is 0.635. The van der Waals surface area contributed by atoms with E-state index in [0.717, 1.165) is 12.3 Å². The highest BCUT2D eigenvalue weighted by molar-refractivity contribution is 6.05. The van der Waals surface area contributed by atoms with Gasteiger partial charge in [-0.2, -0.15) is 4.39 Å². The van der Waals surface area contributed by atoms with Gasteiger partial charge in [-0.3, -0.25) is 4.79 Å². The molecule has 4 nitrogen and oxygen atoms in total. The molecule has 0 aliphatic carbocycles. The molecular weight excluding hydrogens is 242 g/mol. The minimum Gasteiger partial charge on any atom is -0.506 e. The first-order valence-electron chi connectivity index (χ1n) is 4.99. The molecule has 0 aliphatic heterocycles. The van der Waals surface area contributed by atoms with Gasteiger partial charge in [0.1, 0.15) is 5.75 Å². The maximum absolute atomic E-state index is 13.3. The number of anilines is 1. The van der Waals surface area contributed by atoms with E-state index in [0.29, 0.717) is 0 Å². The van der Waals surface area contributed by atoms with E-state index in [9.17, 15) is 18.7 Å². The zero-order valence-corrected chi connectivity index (χ0v) is 9.02. The number of benzene rings is 1. The molecule has 1 aromatic heterocycles. The molecule has 2 aromatic rings. The lowest BCUT2D eigenvalue weighted by atomic mass is 10.2. The fraction of sp³-hybridized carbons (Fsp3) is 0. The first-order valence-corrected chi connectivity index (χ1v) is 4.99. The number of aromatic hydroxyl groups is 1. The van der Waals surface area contributed by atoms with Gasteiger partial charge in [0.05, 0.1) is 11.3 Å². The van der Waals surface area contributed by atoms with Crippen molar-refractivity contribution in [3.8, 4) is 5.75 Å². The van der Waals surface area contributed by atoms with E-state index in [2.05, 4.69) is 10.3 Å². The molecule has 0 saturated carbocycles. The molecule has 0 radical (unpaired) electrons. The molecular formula is C12H8F2N2O2. The second kappa shape index (κ2) is 4.79. The summed E-state index contributed by atoms with van der Waals surface area (Å²) in [6, 6.07) is 6.99. The topological polar surface area (TPSA) is 62.2 Å². The lowest BCUT2D eigenvalue weighted by molar-refractivity contribution is 0.102. The average molecular weight is 250 g/mol. The molecule has 0 atom stereocenters. The van der Waals surface area contributed by atoms with E-state index in [1.807, 2.05) is 0 Å². The predicted molar refractivity (Wildman–Crippen MR) is 60.2 cm³/mol. The van der Waals surface area contributed by atoms with E-state index in [4.69, 9.17) is 0 Å². The summed E-state index contributed by atoms with van der Waals surface area (Å²) in [5.41, 5.74) is -0.370. The number of pyridine rings is 1. The van der Waals surface area contributed by atoms with E-state index in [1.165, 1.54) is 12.1 Å². The second-order valence-electron chi connectivity index (χ2n) is 3.43. The summed E-state index contributed by atoms with van der Waals surface area (Å²) in [6.45, 7) is 0. The maximum atomic E-state index is 13.3. The molecule has 18 heavy (non-hydrogen) atoms.